The Kier molecular flexibility index (Phi) is 6.60. The Morgan fingerprint density at radius 3 is 2.67 bits per heavy atom. The second kappa shape index (κ2) is 7.46. The molecular weight excluding hydrogens is 250 g/mol. The lowest BCUT2D eigenvalue weighted by Crippen LogP contribution is -2.38. The molecule has 2 atom stereocenters. The van der Waals surface area contributed by atoms with Crippen LogP contribution < -0.4 is 0 Å². The molecule has 1 rings (SSSR count). The lowest BCUT2D eigenvalue weighted by atomic mass is 10.0. The molecule has 0 aromatic heterocycles. The van der Waals surface area contributed by atoms with E-state index in [9.17, 15) is 13.5 Å². The summed E-state index contributed by atoms with van der Waals surface area (Å²) in [5.74, 6) is 0.269. The van der Waals surface area contributed by atoms with E-state index in [2.05, 4.69) is 4.90 Å². The highest BCUT2D eigenvalue weighted by atomic mass is 32.2. The Bertz CT molecular complexity index is 327. The van der Waals surface area contributed by atoms with E-state index >= 15 is 0 Å². The van der Waals surface area contributed by atoms with Gasteiger partial charge in [-0.05, 0) is 45.7 Å². The molecule has 0 saturated carbocycles. The number of hydrogen-bond donors (Lipinski definition) is 1. The molecule has 0 aromatic carbocycles. The molecule has 0 aromatic rings. The molecule has 18 heavy (non-hydrogen) atoms. The summed E-state index contributed by atoms with van der Waals surface area (Å²) in [5, 5.41) is 9.55. The predicted octanol–water partition coefficient (Wildman–Crippen LogP) is 1.44. The Morgan fingerprint density at radius 2 is 2.06 bits per heavy atom. The zero-order valence-electron chi connectivity index (χ0n) is 11.6. The fourth-order valence-corrected chi connectivity index (χ4v) is 3.38. The van der Waals surface area contributed by atoms with Crippen LogP contribution in [0.2, 0.25) is 0 Å². The maximum Gasteiger partial charge on any atom is 0.147 e. The highest BCUT2D eigenvalue weighted by Gasteiger charge is 2.22. The van der Waals surface area contributed by atoms with Gasteiger partial charge in [0, 0.05) is 12.3 Å². The molecule has 1 fully saturated rings. The zero-order valence-corrected chi connectivity index (χ0v) is 12.5. The molecule has 4 nitrogen and oxygen atoms in total. The quantitative estimate of drug-likeness (QED) is 0.798. The summed E-state index contributed by atoms with van der Waals surface area (Å²) in [6.45, 7) is 3.71. The van der Waals surface area contributed by atoms with Crippen LogP contribution in [0.25, 0.3) is 0 Å². The lowest BCUT2D eigenvalue weighted by molar-refractivity contribution is 0.112. The smallest absolute Gasteiger partial charge is 0.147 e. The molecule has 0 amide bonds. The number of nitrogens with zero attached hydrogens (tertiary/aromatic N) is 1. The number of aliphatic hydroxyl groups excluding tert-OH is 1. The summed E-state index contributed by atoms with van der Waals surface area (Å²) in [5.41, 5.74) is 0. The highest BCUT2D eigenvalue weighted by Crippen LogP contribution is 2.20. The van der Waals surface area contributed by atoms with E-state index in [-0.39, 0.29) is 11.9 Å². The minimum atomic E-state index is -2.85. The van der Waals surface area contributed by atoms with E-state index < -0.39 is 9.84 Å². The summed E-state index contributed by atoms with van der Waals surface area (Å²) < 4.78 is 22.3. The fraction of sp³-hybridized carbons (Fsp3) is 1.00. The molecule has 5 heteroatoms. The first-order valence-corrected chi connectivity index (χ1v) is 9.04. The molecule has 1 aliphatic heterocycles. The summed E-state index contributed by atoms with van der Waals surface area (Å²) in [6, 6.07) is 0.423. The third kappa shape index (κ3) is 6.71. The molecule has 1 saturated heterocycles. The summed E-state index contributed by atoms with van der Waals surface area (Å²) in [6.07, 6.45) is 7.32. The average molecular weight is 277 g/mol. The van der Waals surface area contributed by atoms with Crippen molar-refractivity contribution in [2.75, 3.05) is 25.1 Å². The number of likely N-dealkylation sites (tertiary alicyclic amines) is 1. The number of rotatable bonds is 6. The van der Waals surface area contributed by atoms with Crippen LogP contribution in [0.1, 0.15) is 45.4 Å². The van der Waals surface area contributed by atoms with Gasteiger partial charge in [0.2, 0.25) is 0 Å². The van der Waals surface area contributed by atoms with Crippen LogP contribution >= 0.6 is 0 Å². The predicted molar refractivity (Wildman–Crippen MR) is 74.5 cm³/mol. The first-order chi connectivity index (χ1) is 8.38. The van der Waals surface area contributed by atoms with Gasteiger partial charge >= 0.3 is 0 Å². The van der Waals surface area contributed by atoms with Gasteiger partial charge in [0.1, 0.15) is 9.84 Å². The van der Waals surface area contributed by atoms with Crippen molar-refractivity contribution in [3.05, 3.63) is 0 Å². The van der Waals surface area contributed by atoms with E-state index in [0.29, 0.717) is 12.5 Å². The van der Waals surface area contributed by atoms with Crippen LogP contribution in [-0.4, -0.2) is 55.7 Å². The second-order valence-corrected chi connectivity index (χ2v) is 7.87. The lowest BCUT2D eigenvalue weighted by Gasteiger charge is -2.30. The fourth-order valence-electron chi connectivity index (χ4n) is 2.72. The van der Waals surface area contributed by atoms with E-state index in [4.69, 9.17) is 0 Å². The standard InChI is InChI=1S/C13H27NO3S/c1-12(15)11-13-7-4-3-5-8-14(13)9-6-10-18(2,16)17/h12-13,15H,3-11H2,1-2H3. The summed E-state index contributed by atoms with van der Waals surface area (Å²) in [7, 11) is -2.85. The van der Waals surface area contributed by atoms with Crippen LogP contribution in [0.4, 0.5) is 0 Å². The van der Waals surface area contributed by atoms with E-state index in [0.717, 1.165) is 25.9 Å². The topological polar surface area (TPSA) is 57.6 Å². The molecule has 0 bridgehead atoms. The van der Waals surface area contributed by atoms with Crippen molar-refractivity contribution in [1.82, 2.24) is 4.90 Å². The molecule has 2 unspecified atom stereocenters. The monoisotopic (exact) mass is 277 g/mol. The summed E-state index contributed by atoms with van der Waals surface area (Å²) in [4.78, 5) is 2.38. The molecule has 1 N–H and O–H groups in total. The first-order valence-electron chi connectivity index (χ1n) is 6.98. The van der Waals surface area contributed by atoms with E-state index in [1.165, 1.54) is 25.5 Å². The van der Waals surface area contributed by atoms with Gasteiger partial charge in [-0.25, -0.2) is 8.42 Å². The van der Waals surface area contributed by atoms with Gasteiger partial charge in [0.25, 0.3) is 0 Å². The SMILES string of the molecule is CC(O)CC1CCCCCN1CCCS(C)(=O)=O. The van der Waals surface area contributed by atoms with Crippen LogP contribution in [0.15, 0.2) is 0 Å². The van der Waals surface area contributed by atoms with Gasteiger partial charge in [-0.2, -0.15) is 0 Å². The molecule has 0 spiro atoms. The normalized spacial score (nSPS) is 24.7. The van der Waals surface area contributed by atoms with E-state index in [1.807, 2.05) is 6.92 Å². The van der Waals surface area contributed by atoms with Crippen molar-refractivity contribution in [2.24, 2.45) is 0 Å². The molecule has 1 aliphatic rings. The number of aliphatic hydroxyl groups is 1. The van der Waals surface area contributed by atoms with Gasteiger partial charge in [-0.3, -0.25) is 0 Å². The van der Waals surface area contributed by atoms with Crippen LogP contribution in [0, 0.1) is 0 Å². The number of sulfone groups is 1. The molecule has 0 aliphatic carbocycles. The van der Waals surface area contributed by atoms with Crippen molar-refractivity contribution in [1.29, 1.82) is 0 Å². The van der Waals surface area contributed by atoms with Crippen molar-refractivity contribution < 1.29 is 13.5 Å². The largest absolute Gasteiger partial charge is 0.393 e. The van der Waals surface area contributed by atoms with Gasteiger partial charge in [0.15, 0.2) is 0 Å². The first kappa shape index (κ1) is 15.9. The van der Waals surface area contributed by atoms with Crippen molar-refractivity contribution >= 4 is 9.84 Å². The highest BCUT2D eigenvalue weighted by molar-refractivity contribution is 7.90. The van der Waals surface area contributed by atoms with Gasteiger partial charge < -0.3 is 10.0 Å². The molecule has 0 radical (unpaired) electrons. The van der Waals surface area contributed by atoms with Gasteiger partial charge in [0.05, 0.1) is 11.9 Å². The second-order valence-electron chi connectivity index (χ2n) is 5.61. The third-order valence-corrected chi connectivity index (χ3v) is 4.60. The number of hydrogen-bond acceptors (Lipinski definition) is 4. The third-order valence-electron chi connectivity index (χ3n) is 3.57. The summed E-state index contributed by atoms with van der Waals surface area (Å²) >= 11 is 0. The van der Waals surface area contributed by atoms with Gasteiger partial charge in [-0.15, -0.1) is 0 Å². The van der Waals surface area contributed by atoms with Crippen LogP contribution in [0.5, 0.6) is 0 Å². The van der Waals surface area contributed by atoms with Crippen molar-refractivity contribution in [3.8, 4) is 0 Å². The average Bonchev–Trinajstić information content (AvgIpc) is 2.42. The van der Waals surface area contributed by atoms with Crippen molar-refractivity contribution in [3.63, 3.8) is 0 Å². The molecule has 1 heterocycles. The molecule has 108 valence electrons. The van der Waals surface area contributed by atoms with Crippen LogP contribution in [0.3, 0.4) is 0 Å². The van der Waals surface area contributed by atoms with Gasteiger partial charge in [-0.1, -0.05) is 12.8 Å². The van der Waals surface area contributed by atoms with E-state index in [1.54, 1.807) is 0 Å². The molecular formula is C13H27NO3S. The van der Waals surface area contributed by atoms with Crippen molar-refractivity contribution in [2.45, 2.75) is 57.6 Å². The zero-order chi connectivity index (χ0) is 13.6. The Balaban J connectivity index is 2.46. The minimum absolute atomic E-state index is 0.269. The Hall–Kier alpha value is -0.130. The Labute approximate surface area is 111 Å². The van der Waals surface area contributed by atoms with Crippen LogP contribution in [-0.2, 0) is 9.84 Å². The maximum absolute atomic E-state index is 11.1. The maximum atomic E-state index is 11.1. The Morgan fingerprint density at radius 1 is 1.33 bits per heavy atom. The minimum Gasteiger partial charge on any atom is -0.393 e.